The quantitative estimate of drug-likeness (QED) is 0.788. The van der Waals surface area contributed by atoms with Gasteiger partial charge in [-0.05, 0) is 0 Å². The van der Waals surface area contributed by atoms with Crippen LogP contribution in [-0.2, 0) is 6.54 Å². The Bertz CT molecular complexity index is 484. The highest BCUT2D eigenvalue weighted by molar-refractivity contribution is 5.36. The Balaban J connectivity index is 2.12. The number of aromatic amines is 1. The minimum atomic E-state index is -1.34. The van der Waals surface area contributed by atoms with Crippen molar-refractivity contribution in [1.82, 2.24) is 15.0 Å². The third-order valence-electron chi connectivity index (χ3n) is 1.86. The Hall–Kier alpha value is -2.05. The Kier molecular flexibility index (Phi) is 2.76. The molecule has 0 atom stereocenters. The van der Waals surface area contributed by atoms with Crippen molar-refractivity contribution in [1.29, 1.82) is 0 Å². The first-order valence-electron chi connectivity index (χ1n) is 4.40. The SMILES string of the molecule is Fc1cc(F)c(NCc2ncc[nH]2)nc1F. The fourth-order valence-electron chi connectivity index (χ4n) is 1.13. The smallest absolute Gasteiger partial charge is 0.251 e. The molecule has 0 radical (unpaired) electrons. The fourth-order valence-corrected chi connectivity index (χ4v) is 1.13. The van der Waals surface area contributed by atoms with E-state index < -0.39 is 17.6 Å². The third kappa shape index (κ3) is 2.13. The van der Waals surface area contributed by atoms with Gasteiger partial charge in [0.25, 0.3) is 5.95 Å². The number of hydrogen-bond acceptors (Lipinski definition) is 3. The average molecular weight is 228 g/mol. The molecule has 0 amide bonds. The first-order chi connectivity index (χ1) is 7.66. The zero-order chi connectivity index (χ0) is 11.5. The van der Waals surface area contributed by atoms with Crippen LogP contribution in [0, 0.1) is 17.6 Å². The zero-order valence-corrected chi connectivity index (χ0v) is 7.97. The van der Waals surface area contributed by atoms with Crippen LogP contribution < -0.4 is 5.32 Å². The van der Waals surface area contributed by atoms with Crippen LogP contribution in [0.3, 0.4) is 0 Å². The summed E-state index contributed by atoms with van der Waals surface area (Å²) in [6, 6.07) is 0.437. The monoisotopic (exact) mass is 228 g/mol. The fraction of sp³-hybridized carbons (Fsp3) is 0.111. The molecule has 7 heteroatoms. The van der Waals surface area contributed by atoms with E-state index in [-0.39, 0.29) is 12.4 Å². The molecule has 0 aliphatic carbocycles. The van der Waals surface area contributed by atoms with Crippen LogP contribution in [0.25, 0.3) is 0 Å². The molecule has 0 unspecified atom stereocenters. The molecule has 84 valence electrons. The number of aromatic nitrogens is 3. The summed E-state index contributed by atoms with van der Waals surface area (Å²) >= 11 is 0. The predicted molar refractivity (Wildman–Crippen MR) is 50.0 cm³/mol. The van der Waals surface area contributed by atoms with Gasteiger partial charge in [-0.1, -0.05) is 0 Å². The highest BCUT2D eigenvalue weighted by atomic mass is 19.2. The summed E-state index contributed by atoms with van der Waals surface area (Å²) in [7, 11) is 0. The van der Waals surface area contributed by atoms with Crippen LogP contribution in [0.4, 0.5) is 19.0 Å². The van der Waals surface area contributed by atoms with Gasteiger partial charge < -0.3 is 10.3 Å². The number of hydrogen-bond donors (Lipinski definition) is 2. The third-order valence-corrected chi connectivity index (χ3v) is 1.86. The summed E-state index contributed by atoms with van der Waals surface area (Å²) in [4.78, 5) is 9.73. The largest absolute Gasteiger partial charge is 0.360 e. The number of H-pyrrole nitrogens is 1. The molecule has 0 saturated heterocycles. The van der Waals surface area contributed by atoms with Gasteiger partial charge in [0.2, 0.25) is 0 Å². The van der Waals surface area contributed by atoms with Crippen molar-refractivity contribution < 1.29 is 13.2 Å². The molecule has 0 spiro atoms. The van der Waals surface area contributed by atoms with E-state index in [1.54, 1.807) is 6.20 Å². The van der Waals surface area contributed by atoms with Crippen LogP contribution in [0.15, 0.2) is 18.5 Å². The molecule has 0 bridgehead atoms. The predicted octanol–water partition coefficient (Wildman–Crippen LogP) is 1.83. The Morgan fingerprint density at radius 1 is 1.25 bits per heavy atom. The van der Waals surface area contributed by atoms with Gasteiger partial charge >= 0.3 is 0 Å². The number of halogens is 3. The molecule has 16 heavy (non-hydrogen) atoms. The van der Waals surface area contributed by atoms with Gasteiger partial charge in [0.05, 0.1) is 6.54 Å². The maximum atomic E-state index is 13.1. The molecule has 2 heterocycles. The number of anilines is 1. The van der Waals surface area contributed by atoms with E-state index in [2.05, 4.69) is 20.3 Å². The minimum absolute atomic E-state index is 0.141. The zero-order valence-electron chi connectivity index (χ0n) is 7.97. The van der Waals surface area contributed by atoms with Crippen LogP contribution in [0.5, 0.6) is 0 Å². The van der Waals surface area contributed by atoms with E-state index in [1.165, 1.54) is 6.20 Å². The topological polar surface area (TPSA) is 53.6 Å². The van der Waals surface area contributed by atoms with Gasteiger partial charge in [-0.2, -0.15) is 9.37 Å². The van der Waals surface area contributed by atoms with Gasteiger partial charge in [-0.25, -0.2) is 13.8 Å². The first-order valence-corrected chi connectivity index (χ1v) is 4.40. The minimum Gasteiger partial charge on any atom is -0.360 e. The van der Waals surface area contributed by atoms with Crippen molar-refractivity contribution in [3.63, 3.8) is 0 Å². The van der Waals surface area contributed by atoms with Crippen LogP contribution >= 0.6 is 0 Å². The van der Waals surface area contributed by atoms with Gasteiger partial charge in [-0.3, -0.25) is 0 Å². The number of nitrogens with one attached hydrogen (secondary N) is 2. The lowest BCUT2D eigenvalue weighted by atomic mass is 10.4. The average Bonchev–Trinajstić information content (AvgIpc) is 2.74. The summed E-state index contributed by atoms with van der Waals surface area (Å²) in [6.07, 6.45) is 3.11. The Morgan fingerprint density at radius 2 is 2.06 bits per heavy atom. The highest BCUT2D eigenvalue weighted by Gasteiger charge is 2.11. The van der Waals surface area contributed by atoms with Crippen LogP contribution in [0.2, 0.25) is 0 Å². The standard InChI is InChI=1S/C9H7F3N4/c10-5-3-6(11)9(16-8(5)12)15-4-7-13-1-2-14-7/h1-3H,4H2,(H,13,14)(H,15,16). The van der Waals surface area contributed by atoms with E-state index in [4.69, 9.17) is 0 Å². The molecule has 2 aromatic rings. The van der Waals surface area contributed by atoms with Gasteiger partial charge in [0.15, 0.2) is 17.5 Å². The summed E-state index contributed by atoms with van der Waals surface area (Å²) in [6.45, 7) is 0.141. The van der Waals surface area contributed by atoms with Crippen molar-refractivity contribution in [3.8, 4) is 0 Å². The molecule has 4 nitrogen and oxygen atoms in total. The molecule has 0 fully saturated rings. The van der Waals surface area contributed by atoms with E-state index in [0.717, 1.165) is 0 Å². The normalized spacial score (nSPS) is 10.4. The first kappa shape index (κ1) is 10.5. The molecular formula is C9H7F3N4. The molecular weight excluding hydrogens is 221 g/mol. The van der Waals surface area contributed by atoms with Crippen molar-refractivity contribution in [2.45, 2.75) is 6.54 Å². The molecule has 0 aliphatic heterocycles. The van der Waals surface area contributed by atoms with Crippen LogP contribution in [-0.4, -0.2) is 15.0 Å². The number of pyridine rings is 1. The van der Waals surface area contributed by atoms with Crippen molar-refractivity contribution in [3.05, 3.63) is 41.9 Å². The van der Waals surface area contributed by atoms with Crippen molar-refractivity contribution in [2.75, 3.05) is 5.32 Å². The molecule has 2 N–H and O–H groups in total. The Morgan fingerprint density at radius 3 is 2.75 bits per heavy atom. The summed E-state index contributed by atoms with van der Waals surface area (Å²) in [5.41, 5.74) is 0. The molecule has 2 aromatic heterocycles. The Labute approximate surface area is 88.5 Å². The van der Waals surface area contributed by atoms with E-state index in [1.807, 2.05) is 0 Å². The van der Waals surface area contributed by atoms with Crippen molar-refractivity contribution in [2.24, 2.45) is 0 Å². The summed E-state index contributed by atoms with van der Waals surface area (Å²) in [5, 5.41) is 2.50. The lowest BCUT2D eigenvalue weighted by Gasteiger charge is -2.04. The molecule has 0 aliphatic rings. The van der Waals surface area contributed by atoms with E-state index in [0.29, 0.717) is 11.9 Å². The lowest BCUT2D eigenvalue weighted by Crippen LogP contribution is -2.07. The molecule has 0 aromatic carbocycles. The van der Waals surface area contributed by atoms with Gasteiger partial charge in [0.1, 0.15) is 5.82 Å². The van der Waals surface area contributed by atoms with Crippen LogP contribution in [0.1, 0.15) is 5.82 Å². The molecule has 2 rings (SSSR count). The second-order valence-corrected chi connectivity index (χ2v) is 2.98. The molecule has 0 saturated carbocycles. The highest BCUT2D eigenvalue weighted by Crippen LogP contribution is 2.14. The maximum Gasteiger partial charge on any atom is 0.251 e. The summed E-state index contributed by atoms with van der Waals surface area (Å²) < 4.78 is 38.4. The van der Waals surface area contributed by atoms with E-state index >= 15 is 0 Å². The maximum absolute atomic E-state index is 13.1. The second kappa shape index (κ2) is 4.21. The van der Waals surface area contributed by atoms with Gasteiger partial charge in [-0.15, -0.1) is 0 Å². The summed E-state index contributed by atoms with van der Waals surface area (Å²) in [5.74, 6) is -3.43. The number of rotatable bonds is 3. The number of imidazole rings is 1. The van der Waals surface area contributed by atoms with E-state index in [9.17, 15) is 13.2 Å². The van der Waals surface area contributed by atoms with Crippen molar-refractivity contribution >= 4 is 5.82 Å². The number of nitrogens with zero attached hydrogens (tertiary/aromatic N) is 2. The second-order valence-electron chi connectivity index (χ2n) is 2.98. The lowest BCUT2D eigenvalue weighted by molar-refractivity contribution is 0.466. The van der Waals surface area contributed by atoms with Gasteiger partial charge in [0, 0.05) is 18.5 Å².